The highest BCUT2D eigenvalue weighted by molar-refractivity contribution is 7.89. The van der Waals surface area contributed by atoms with Gasteiger partial charge in [-0.2, -0.15) is 0 Å². The Balaban J connectivity index is 1.98. The van der Waals surface area contributed by atoms with E-state index in [0.29, 0.717) is 23.6 Å². The van der Waals surface area contributed by atoms with Gasteiger partial charge in [0.1, 0.15) is 5.75 Å². The number of hydrogen-bond acceptors (Lipinski definition) is 5. The Labute approximate surface area is 176 Å². The number of rotatable bonds is 8. The number of anilines is 1. The molecule has 0 aliphatic heterocycles. The van der Waals surface area contributed by atoms with E-state index in [4.69, 9.17) is 17.0 Å². The van der Waals surface area contributed by atoms with Crippen LogP contribution in [0.25, 0.3) is 0 Å². The van der Waals surface area contributed by atoms with Crippen molar-refractivity contribution in [1.82, 2.24) is 10.0 Å². The lowest BCUT2D eigenvalue weighted by Crippen LogP contribution is -2.34. The van der Waals surface area contributed by atoms with E-state index in [1.807, 2.05) is 6.92 Å². The Morgan fingerprint density at radius 2 is 1.83 bits per heavy atom. The van der Waals surface area contributed by atoms with Crippen molar-refractivity contribution in [2.75, 3.05) is 11.9 Å². The van der Waals surface area contributed by atoms with Crippen molar-refractivity contribution in [3.8, 4) is 5.75 Å². The van der Waals surface area contributed by atoms with Crippen molar-refractivity contribution in [3.63, 3.8) is 0 Å². The summed E-state index contributed by atoms with van der Waals surface area (Å²) in [4.78, 5) is 12.5. The minimum atomic E-state index is -3.56. The first-order valence-corrected chi connectivity index (χ1v) is 11.1. The molecule has 0 saturated carbocycles. The molecule has 0 heterocycles. The van der Waals surface area contributed by atoms with E-state index in [9.17, 15) is 13.2 Å². The topological polar surface area (TPSA) is 96.5 Å². The fourth-order valence-corrected chi connectivity index (χ4v) is 3.84. The second kappa shape index (κ2) is 10.3. The Morgan fingerprint density at radius 3 is 2.45 bits per heavy atom. The molecule has 0 saturated heterocycles. The van der Waals surface area contributed by atoms with Crippen LogP contribution >= 0.6 is 12.2 Å². The molecule has 0 radical (unpaired) electrons. The van der Waals surface area contributed by atoms with Crippen molar-refractivity contribution in [1.29, 1.82) is 0 Å². The first-order chi connectivity index (χ1) is 13.7. The summed E-state index contributed by atoms with van der Waals surface area (Å²) in [5, 5.41) is 5.56. The highest BCUT2D eigenvalue weighted by atomic mass is 32.2. The normalized spacial score (nSPS) is 11.2. The molecule has 29 heavy (non-hydrogen) atoms. The van der Waals surface area contributed by atoms with Gasteiger partial charge in [-0.3, -0.25) is 10.1 Å². The molecule has 1 amide bonds. The van der Waals surface area contributed by atoms with Gasteiger partial charge in [0, 0.05) is 17.3 Å². The van der Waals surface area contributed by atoms with Crippen molar-refractivity contribution in [3.05, 3.63) is 54.1 Å². The minimum absolute atomic E-state index is 0.103. The summed E-state index contributed by atoms with van der Waals surface area (Å²) in [5.74, 6) is 0.245. The summed E-state index contributed by atoms with van der Waals surface area (Å²) < 4.78 is 32.3. The van der Waals surface area contributed by atoms with Crippen molar-refractivity contribution < 1.29 is 17.9 Å². The maximum Gasteiger partial charge on any atom is 0.257 e. The second-order valence-corrected chi connectivity index (χ2v) is 8.71. The predicted octanol–water partition coefficient (Wildman–Crippen LogP) is 3.29. The average Bonchev–Trinajstić information content (AvgIpc) is 2.66. The lowest BCUT2D eigenvalue weighted by Gasteiger charge is -2.12. The number of nitrogens with one attached hydrogen (secondary N) is 3. The molecule has 2 aromatic carbocycles. The third-order valence-corrected chi connectivity index (χ3v) is 5.49. The molecule has 0 bridgehead atoms. The summed E-state index contributed by atoms with van der Waals surface area (Å²) in [6, 6.07) is 12.7. The summed E-state index contributed by atoms with van der Waals surface area (Å²) in [6.07, 6.45) is 0.873. The van der Waals surface area contributed by atoms with Crippen LogP contribution in [0.15, 0.2) is 53.4 Å². The molecule has 0 atom stereocenters. The van der Waals surface area contributed by atoms with Crippen LogP contribution < -0.4 is 20.1 Å². The van der Waals surface area contributed by atoms with Crippen molar-refractivity contribution in [2.45, 2.75) is 38.1 Å². The fraction of sp³-hybridized carbons (Fsp3) is 0.300. The molecule has 0 unspecified atom stereocenters. The van der Waals surface area contributed by atoms with Crippen LogP contribution in [-0.4, -0.2) is 32.1 Å². The van der Waals surface area contributed by atoms with Gasteiger partial charge in [-0.25, -0.2) is 13.1 Å². The van der Waals surface area contributed by atoms with Crippen LogP contribution in [0.2, 0.25) is 0 Å². The molecular formula is C20H25N3O4S2. The summed E-state index contributed by atoms with van der Waals surface area (Å²) >= 11 is 5.17. The molecule has 0 fully saturated rings. The maximum atomic E-state index is 12.4. The zero-order valence-electron chi connectivity index (χ0n) is 16.6. The second-order valence-electron chi connectivity index (χ2n) is 6.58. The van der Waals surface area contributed by atoms with Crippen LogP contribution in [0, 0.1) is 0 Å². The van der Waals surface area contributed by atoms with Crippen LogP contribution in [0.4, 0.5) is 5.69 Å². The van der Waals surface area contributed by atoms with Gasteiger partial charge in [0.05, 0.1) is 11.5 Å². The van der Waals surface area contributed by atoms with Gasteiger partial charge in [-0.15, -0.1) is 0 Å². The zero-order chi connectivity index (χ0) is 21.4. The van der Waals surface area contributed by atoms with E-state index >= 15 is 0 Å². The van der Waals surface area contributed by atoms with Gasteiger partial charge in [-0.1, -0.05) is 13.0 Å². The van der Waals surface area contributed by atoms with E-state index in [-0.39, 0.29) is 22.0 Å². The Bertz CT molecular complexity index is 958. The van der Waals surface area contributed by atoms with Crippen molar-refractivity contribution in [2.24, 2.45) is 0 Å². The molecule has 9 heteroatoms. The van der Waals surface area contributed by atoms with Crippen LogP contribution in [-0.2, 0) is 10.0 Å². The van der Waals surface area contributed by atoms with Crippen LogP contribution in [0.1, 0.15) is 37.6 Å². The lowest BCUT2D eigenvalue weighted by molar-refractivity contribution is 0.0977. The monoisotopic (exact) mass is 435 g/mol. The molecule has 3 N–H and O–H groups in total. The smallest absolute Gasteiger partial charge is 0.257 e. The van der Waals surface area contributed by atoms with E-state index in [2.05, 4.69) is 15.4 Å². The van der Waals surface area contributed by atoms with Crippen molar-refractivity contribution >= 4 is 38.9 Å². The van der Waals surface area contributed by atoms with Crippen LogP contribution in [0.3, 0.4) is 0 Å². The first-order valence-electron chi connectivity index (χ1n) is 9.19. The number of amides is 1. The SMILES string of the molecule is CCCOc1cccc(C(=O)NC(=S)Nc2ccc(S(=O)(=O)NC(C)C)cc2)c1. The number of carbonyl (C=O) groups is 1. The highest BCUT2D eigenvalue weighted by Gasteiger charge is 2.15. The third kappa shape index (κ3) is 7.12. The maximum absolute atomic E-state index is 12.4. The van der Waals surface area contributed by atoms with Gasteiger partial charge in [0.2, 0.25) is 10.0 Å². The first kappa shape index (κ1) is 22.8. The molecule has 156 valence electrons. The van der Waals surface area contributed by atoms with E-state index < -0.39 is 10.0 Å². The molecule has 2 aromatic rings. The fourth-order valence-electron chi connectivity index (χ4n) is 2.38. The standard InChI is InChI=1S/C20H25N3O4S2/c1-4-12-27-17-7-5-6-15(13-17)19(24)22-20(28)21-16-8-10-18(11-9-16)29(25,26)23-14(2)3/h5-11,13-14,23H,4,12H2,1-3H3,(H2,21,22,24,28). The molecule has 0 spiro atoms. The molecule has 2 rings (SSSR count). The molecule has 0 aliphatic rings. The number of thiocarbonyl (C=S) groups is 1. The van der Waals surface area contributed by atoms with Gasteiger partial charge in [0.25, 0.3) is 5.91 Å². The van der Waals surface area contributed by atoms with E-state index in [1.165, 1.54) is 12.1 Å². The van der Waals surface area contributed by atoms with Gasteiger partial charge in [-0.05, 0) is 75.0 Å². The lowest BCUT2D eigenvalue weighted by atomic mass is 10.2. The van der Waals surface area contributed by atoms with Gasteiger partial charge >= 0.3 is 0 Å². The van der Waals surface area contributed by atoms with Crippen LogP contribution in [0.5, 0.6) is 5.75 Å². The van der Waals surface area contributed by atoms with E-state index in [1.54, 1.807) is 50.2 Å². The highest BCUT2D eigenvalue weighted by Crippen LogP contribution is 2.15. The minimum Gasteiger partial charge on any atom is -0.494 e. The Kier molecular flexibility index (Phi) is 8.12. The molecule has 0 aliphatic carbocycles. The van der Waals surface area contributed by atoms with E-state index in [0.717, 1.165) is 6.42 Å². The van der Waals surface area contributed by atoms with Gasteiger partial charge in [0.15, 0.2) is 5.11 Å². The summed E-state index contributed by atoms with van der Waals surface area (Å²) in [5.41, 5.74) is 0.975. The largest absolute Gasteiger partial charge is 0.494 e. The summed E-state index contributed by atoms with van der Waals surface area (Å²) in [7, 11) is -3.56. The molecular weight excluding hydrogens is 410 g/mol. The number of carbonyl (C=O) groups excluding carboxylic acids is 1. The quantitative estimate of drug-likeness (QED) is 0.551. The molecule has 7 nitrogen and oxygen atoms in total. The summed E-state index contributed by atoms with van der Waals surface area (Å²) in [6.45, 7) is 6.08. The predicted molar refractivity (Wildman–Crippen MR) is 118 cm³/mol. The Morgan fingerprint density at radius 1 is 1.14 bits per heavy atom. The number of hydrogen-bond donors (Lipinski definition) is 3. The Hall–Kier alpha value is -2.49. The van der Waals surface area contributed by atoms with Gasteiger partial charge < -0.3 is 10.1 Å². The number of ether oxygens (including phenoxy) is 1. The average molecular weight is 436 g/mol. The zero-order valence-corrected chi connectivity index (χ0v) is 18.2. The molecule has 0 aromatic heterocycles. The number of sulfonamides is 1. The number of benzene rings is 2. The third-order valence-electron chi connectivity index (χ3n) is 3.61.